The molecule has 0 aliphatic heterocycles. The number of carbonyl (C=O) groups excluding carboxylic acids is 2. The van der Waals surface area contributed by atoms with Crippen LogP contribution in [-0.2, 0) is 27.3 Å². The first kappa shape index (κ1) is 22.5. The lowest BCUT2D eigenvalue weighted by atomic mass is 9.99. The molecule has 0 fully saturated rings. The zero-order valence-electron chi connectivity index (χ0n) is 17.6. The predicted molar refractivity (Wildman–Crippen MR) is 112 cm³/mol. The van der Waals surface area contributed by atoms with Gasteiger partial charge in [0.05, 0.1) is 18.5 Å². The van der Waals surface area contributed by atoms with Crippen molar-refractivity contribution in [3.63, 3.8) is 0 Å². The fourth-order valence-corrected chi connectivity index (χ4v) is 4.33. The van der Waals surface area contributed by atoms with E-state index in [-0.39, 0.29) is 18.9 Å². The van der Waals surface area contributed by atoms with Crippen LogP contribution >= 0.6 is 0 Å². The average Bonchev–Trinajstić information content (AvgIpc) is 3.31. The molecule has 1 heterocycles. The number of rotatable bonds is 7. The molecule has 1 atom stereocenters. The minimum atomic E-state index is -4.79. The molecule has 10 heteroatoms. The van der Waals surface area contributed by atoms with Crippen molar-refractivity contribution in [2.75, 3.05) is 13.7 Å². The predicted octanol–water partition coefficient (Wildman–Crippen LogP) is 3.66. The Morgan fingerprint density at radius 2 is 1.94 bits per heavy atom. The quantitative estimate of drug-likeness (QED) is 0.541. The third-order valence-corrected chi connectivity index (χ3v) is 5.61. The minimum Gasteiger partial charge on any atom is -0.481 e. The Kier molecular flexibility index (Phi) is 5.92. The molecule has 0 saturated carbocycles. The van der Waals surface area contributed by atoms with Crippen molar-refractivity contribution in [2.45, 2.75) is 31.7 Å². The van der Waals surface area contributed by atoms with Crippen molar-refractivity contribution < 1.29 is 37.0 Å². The maximum absolute atomic E-state index is 12.6. The molecule has 174 valence electrons. The van der Waals surface area contributed by atoms with Crippen LogP contribution in [0.25, 0.3) is 10.9 Å². The first-order valence-electron chi connectivity index (χ1n) is 10.2. The van der Waals surface area contributed by atoms with Crippen LogP contribution in [0.4, 0.5) is 13.2 Å². The highest BCUT2D eigenvalue weighted by Crippen LogP contribution is 2.44. The second-order valence-electron chi connectivity index (χ2n) is 7.65. The summed E-state index contributed by atoms with van der Waals surface area (Å²) in [6.45, 7) is -0.0690. The number of aromatic nitrogens is 1. The van der Waals surface area contributed by atoms with Gasteiger partial charge in [-0.1, -0.05) is 18.2 Å². The van der Waals surface area contributed by atoms with Crippen LogP contribution in [0.2, 0.25) is 0 Å². The first-order valence-corrected chi connectivity index (χ1v) is 10.2. The van der Waals surface area contributed by atoms with Gasteiger partial charge in [0.1, 0.15) is 11.5 Å². The lowest BCUT2D eigenvalue weighted by Crippen LogP contribution is -2.19. The van der Waals surface area contributed by atoms with E-state index in [4.69, 9.17) is 10.5 Å². The fourth-order valence-electron chi connectivity index (χ4n) is 4.33. The smallest absolute Gasteiger partial charge is 0.481 e. The summed E-state index contributed by atoms with van der Waals surface area (Å²) < 4.78 is 54.2. The van der Waals surface area contributed by atoms with Gasteiger partial charge >= 0.3 is 12.3 Å². The highest BCUT2D eigenvalue weighted by Gasteiger charge is 2.35. The molecular weight excluding hydrogens is 441 g/mol. The molecule has 2 aromatic carbocycles. The monoisotopic (exact) mass is 462 g/mol. The van der Waals surface area contributed by atoms with Crippen LogP contribution in [0.5, 0.6) is 11.5 Å². The zero-order valence-corrected chi connectivity index (χ0v) is 17.6. The number of methoxy groups -OCH3 is 1. The Hall–Kier alpha value is -3.69. The van der Waals surface area contributed by atoms with Crippen molar-refractivity contribution in [1.82, 2.24) is 4.57 Å². The van der Waals surface area contributed by atoms with Gasteiger partial charge in [0.15, 0.2) is 6.61 Å². The third kappa shape index (κ3) is 4.59. The number of ether oxygens (including phenoxy) is 3. The molecule has 0 saturated heterocycles. The van der Waals surface area contributed by atoms with Crippen molar-refractivity contribution in [1.29, 1.82) is 0 Å². The van der Waals surface area contributed by atoms with Crippen LogP contribution < -0.4 is 15.2 Å². The van der Waals surface area contributed by atoms with E-state index in [0.29, 0.717) is 29.5 Å². The summed E-state index contributed by atoms with van der Waals surface area (Å²) in [6.07, 6.45) is -3.72. The minimum absolute atomic E-state index is 0.243. The molecule has 1 unspecified atom stereocenters. The Balaban J connectivity index is 1.79. The topological polar surface area (TPSA) is 92.8 Å². The number of alkyl halides is 3. The number of nitrogens with two attached hydrogens (primary N) is 1. The van der Waals surface area contributed by atoms with Gasteiger partial charge in [0.25, 0.3) is 0 Å². The number of benzene rings is 2. The van der Waals surface area contributed by atoms with E-state index < -0.39 is 24.2 Å². The SMILES string of the molecule is COC(=O)COc1cccc2c1c1c(n2Cc2cccc(OC(F)(F)F)c2)CCC1C(N)=O. The molecule has 7 nitrogen and oxygen atoms in total. The Morgan fingerprint density at radius 3 is 2.64 bits per heavy atom. The molecule has 3 aromatic rings. The van der Waals surface area contributed by atoms with Crippen molar-refractivity contribution in [3.8, 4) is 11.5 Å². The normalized spacial score (nSPS) is 15.3. The Bertz CT molecular complexity index is 1220. The number of carbonyl (C=O) groups is 2. The van der Waals surface area contributed by atoms with E-state index in [1.807, 2.05) is 10.6 Å². The molecular formula is C23H21F3N2O5. The van der Waals surface area contributed by atoms with E-state index in [1.165, 1.54) is 25.3 Å². The molecule has 33 heavy (non-hydrogen) atoms. The van der Waals surface area contributed by atoms with E-state index in [0.717, 1.165) is 16.8 Å². The van der Waals surface area contributed by atoms with E-state index in [9.17, 15) is 22.8 Å². The zero-order chi connectivity index (χ0) is 23.8. The van der Waals surface area contributed by atoms with E-state index in [2.05, 4.69) is 9.47 Å². The van der Waals surface area contributed by atoms with Crippen molar-refractivity contribution >= 4 is 22.8 Å². The number of esters is 1. The molecule has 4 rings (SSSR count). The standard InChI is InChI=1S/C23H21F3N2O5/c1-31-19(29)12-32-18-7-3-6-16-21(18)20-15(22(27)30)8-9-17(20)28(16)11-13-4-2-5-14(10-13)33-23(24,25)26/h2-7,10,15H,8-9,11-12H2,1H3,(H2,27,30). The highest BCUT2D eigenvalue weighted by atomic mass is 19.4. The first-order chi connectivity index (χ1) is 15.7. The Labute approximate surface area is 186 Å². The number of hydrogen-bond acceptors (Lipinski definition) is 5. The largest absolute Gasteiger partial charge is 0.573 e. The summed E-state index contributed by atoms with van der Waals surface area (Å²) in [4.78, 5) is 23.7. The molecule has 2 N–H and O–H groups in total. The third-order valence-electron chi connectivity index (χ3n) is 5.61. The van der Waals surface area contributed by atoms with Gasteiger partial charge in [-0.25, -0.2) is 4.79 Å². The summed E-state index contributed by atoms with van der Waals surface area (Å²) in [6, 6.07) is 11.0. The van der Waals surface area contributed by atoms with E-state index in [1.54, 1.807) is 18.2 Å². The van der Waals surface area contributed by atoms with Gasteiger partial charge in [0, 0.05) is 17.6 Å². The lowest BCUT2D eigenvalue weighted by Gasteiger charge is -2.13. The van der Waals surface area contributed by atoms with Gasteiger partial charge < -0.3 is 24.5 Å². The number of halogens is 3. The van der Waals surface area contributed by atoms with Gasteiger partial charge in [-0.05, 0) is 48.2 Å². The van der Waals surface area contributed by atoms with Gasteiger partial charge in [-0.15, -0.1) is 13.2 Å². The molecule has 0 radical (unpaired) electrons. The van der Waals surface area contributed by atoms with Crippen LogP contribution in [0.15, 0.2) is 42.5 Å². The molecule has 1 amide bonds. The maximum atomic E-state index is 12.6. The molecule has 0 bridgehead atoms. The molecule has 1 aliphatic rings. The van der Waals surface area contributed by atoms with Crippen LogP contribution in [0.1, 0.15) is 29.2 Å². The van der Waals surface area contributed by atoms with Crippen molar-refractivity contribution in [3.05, 3.63) is 59.3 Å². The molecule has 0 spiro atoms. The summed E-state index contributed by atoms with van der Waals surface area (Å²) in [7, 11) is 1.25. The highest BCUT2D eigenvalue weighted by molar-refractivity contribution is 5.97. The molecule has 1 aromatic heterocycles. The number of amides is 1. The van der Waals surface area contributed by atoms with E-state index >= 15 is 0 Å². The number of primary amides is 1. The number of nitrogens with zero attached hydrogens (tertiary/aromatic N) is 1. The number of hydrogen-bond donors (Lipinski definition) is 1. The lowest BCUT2D eigenvalue weighted by molar-refractivity contribution is -0.274. The summed E-state index contributed by atoms with van der Waals surface area (Å²) >= 11 is 0. The molecule has 1 aliphatic carbocycles. The summed E-state index contributed by atoms with van der Waals surface area (Å²) in [5, 5.41) is 0.653. The second kappa shape index (κ2) is 8.68. The van der Waals surface area contributed by atoms with Crippen LogP contribution in [0.3, 0.4) is 0 Å². The van der Waals surface area contributed by atoms with Crippen LogP contribution in [-0.4, -0.2) is 36.5 Å². The summed E-state index contributed by atoms with van der Waals surface area (Å²) in [5.74, 6) is -1.49. The maximum Gasteiger partial charge on any atom is 0.573 e. The second-order valence-corrected chi connectivity index (χ2v) is 7.65. The fraction of sp³-hybridized carbons (Fsp3) is 0.304. The van der Waals surface area contributed by atoms with Crippen LogP contribution in [0, 0.1) is 0 Å². The van der Waals surface area contributed by atoms with Gasteiger partial charge in [-0.2, -0.15) is 0 Å². The van der Waals surface area contributed by atoms with Crippen molar-refractivity contribution in [2.24, 2.45) is 5.73 Å². The Morgan fingerprint density at radius 1 is 1.18 bits per heavy atom. The van der Waals surface area contributed by atoms with Gasteiger partial charge in [0.2, 0.25) is 5.91 Å². The summed E-state index contributed by atoms with van der Waals surface area (Å²) in [5.41, 5.74) is 8.53. The van der Waals surface area contributed by atoms with Gasteiger partial charge in [-0.3, -0.25) is 4.79 Å². The average molecular weight is 462 g/mol. The number of fused-ring (bicyclic) bond motifs is 3.